The van der Waals surface area contributed by atoms with E-state index in [0.717, 1.165) is 0 Å². The lowest BCUT2D eigenvalue weighted by atomic mass is 10.2. The Balaban J connectivity index is 2.36. The molecule has 0 bridgehead atoms. The van der Waals surface area contributed by atoms with Gasteiger partial charge in [0.2, 0.25) is 5.88 Å². The summed E-state index contributed by atoms with van der Waals surface area (Å²) in [6, 6.07) is 0. The lowest BCUT2D eigenvalue weighted by Gasteiger charge is -2.05. The molecule has 0 saturated heterocycles. The molecule has 7 heteroatoms. The number of carbonyl (C=O) groups is 1. The molecule has 0 aliphatic rings. The van der Waals surface area contributed by atoms with Gasteiger partial charge in [0.1, 0.15) is 5.56 Å². The monoisotopic (exact) mass is 228 g/mol. The first-order valence-electron chi connectivity index (χ1n) is 4.98. The molecule has 5 N–H and O–H groups in total. The highest BCUT2D eigenvalue weighted by Gasteiger charge is 2.17. The molecule has 1 amide bonds. The molecule has 0 saturated carbocycles. The summed E-state index contributed by atoms with van der Waals surface area (Å²) in [4.78, 5) is 11.6. The molecule has 1 aromatic rings. The second-order valence-corrected chi connectivity index (χ2v) is 3.24. The van der Waals surface area contributed by atoms with E-state index in [0.29, 0.717) is 25.3 Å². The Hall–Kier alpha value is -1.60. The molecular formula is C9H16N4O3. The molecule has 0 aromatic carbocycles. The SMILES string of the molecule is Cc1noc(N)c1C(=O)NCCNCCO. The molecule has 1 rings (SSSR count). The minimum atomic E-state index is -0.304. The van der Waals surface area contributed by atoms with Crippen LogP contribution in [0.3, 0.4) is 0 Å². The van der Waals surface area contributed by atoms with Crippen LogP contribution in [0.5, 0.6) is 0 Å². The maximum atomic E-state index is 11.6. The number of hydrogen-bond donors (Lipinski definition) is 4. The van der Waals surface area contributed by atoms with Crippen LogP contribution in [-0.2, 0) is 0 Å². The summed E-state index contributed by atoms with van der Waals surface area (Å²) in [7, 11) is 0. The molecule has 7 nitrogen and oxygen atoms in total. The highest BCUT2D eigenvalue weighted by atomic mass is 16.5. The molecule has 1 aromatic heterocycles. The number of nitrogens with one attached hydrogen (secondary N) is 2. The van der Waals surface area contributed by atoms with Gasteiger partial charge < -0.3 is 26.0 Å². The van der Waals surface area contributed by atoms with Crippen LogP contribution in [0.1, 0.15) is 16.1 Å². The average molecular weight is 228 g/mol. The summed E-state index contributed by atoms with van der Waals surface area (Å²) in [5, 5.41) is 17.7. The van der Waals surface area contributed by atoms with E-state index in [4.69, 9.17) is 10.8 Å². The largest absolute Gasteiger partial charge is 0.395 e. The Morgan fingerprint density at radius 1 is 1.50 bits per heavy atom. The van der Waals surface area contributed by atoms with Gasteiger partial charge in [0.05, 0.1) is 12.3 Å². The number of nitrogen functional groups attached to an aromatic ring is 1. The van der Waals surface area contributed by atoms with Crippen molar-refractivity contribution in [1.29, 1.82) is 0 Å². The van der Waals surface area contributed by atoms with Gasteiger partial charge in [0.15, 0.2) is 0 Å². The maximum Gasteiger partial charge on any atom is 0.258 e. The van der Waals surface area contributed by atoms with Crippen LogP contribution in [0.2, 0.25) is 0 Å². The number of aromatic nitrogens is 1. The first-order chi connectivity index (χ1) is 7.66. The quantitative estimate of drug-likeness (QED) is 0.458. The van der Waals surface area contributed by atoms with Crippen molar-refractivity contribution in [3.63, 3.8) is 0 Å². The highest BCUT2D eigenvalue weighted by molar-refractivity contribution is 5.98. The molecule has 0 atom stereocenters. The highest BCUT2D eigenvalue weighted by Crippen LogP contribution is 2.14. The fraction of sp³-hybridized carbons (Fsp3) is 0.556. The van der Waals surface area contributed by atoms with Gasteiger partial charge in [-0.1, -0.05) is 5.16 Å². The van der Waals surface area contributed by atoms with Gasteiger partial charge in [-0.3, -0.25) is 4.79 Å². The van der Waals surface area contributed by atoms with Gasteiger partial charge in [-0.2, -0.15) is 0 Å². The second-order valence-electron chi connectivity index (χ2n) is 3.24. The first-order valence-corrected chi connectivity index (χ1v) is 4.98. The zero-order valence-corrected chi connectivity index (χ0v) is 9.12. The molecule has 1 heterocycles. The zero-order chi connectivity index (χ0) is 12.0. The van der Waals surface area contributed by atoms with Crippen molar-refractivity contribution in [3.8, 4) is 0 Å². The molecule has 0 aliphatic heterocycles. The Kier molecular flexibility index (Phi) is 4.74. The number of aliphatic hydroxyl groups excluding tert-OH is 1. The average Bonchev–Trinajstić information content (AvgIpc) is 2.58. The van der Waals surface area contributed by atoms with Crippen molar-refractivity contribution in [3.05, 3.63) is 11.3 Å². The smallest absolute Gasteiger partial charge is 0.258 e. The minimum Gasteiger partial charge on any atom is -0.395 e. The van der Waals surface area contributed by atoms with Crippen LogP contribution in [0, 0.1) is 6.92 Å². The third-order valence-electron chi connectivity index (χ3n) is 1.99. The van der Waals surface area contributed by atoms with Crippen molar-refractivity contribution in [2.75, 3.05) is 32.0 Å². The third-order valence-corrected chi connectivity index (χ3v) is 1.99. The van der Waals surface area contributed by atoms with Crippen LogP contribution in [0.15, 0.2) is 4.52 Å². The van der Waals surface area contributed by atoms with Crippen LogP contribution < -0.4 is 16.4 Å². The number of nitrogens with zero attached hydrogens (tertiary/aromatic N) is 1. The van der Waals surface area contributed by atoms with Crippen LogP contribution in [-0.4, -0.2) is 42.4 Å². The molecule has 0 aliphatic carbocycles. The van der Waals surface area contributed by atoms with E-state index in [-0.39, 0.29) is 24.0 Å². The summed E-state index contributed by atoms with van der Waals surface area (Å²) in [6.07, 6.45) is 0. The predicted octanol–water partition coefficient (Wildman–Crippen LogP) is -1.12. The molecule has 0 spiro atoms. The normalized spacial score (nSPS) is 10.4. The summed E-state index contributed by atoms with van der Waals surface area (Å²) in [5.74, 6) is -0.277. The molecule has 0 unspecified atom stereocenters. The Bertz CT molecular complexity index is 331. The van der Waals surface area contributed by atoms with Crippen molar-refractivity contribution in [2.24, 2.45) is 0 Å². The number of rotatable bonds is 6. The van der Waals surface area contributed by atoms with Gasteiger partial charge in [-0.25, -0.2) is 0 Å². The van der Waals surface area contributed by atoms with Gasteiger partial charge in [0.25, 0.3) is 5.91 Å². The van der Waals surface area contributed by atoms with Crippen molar-refractivity contribution < 1.29 is 14.4 Å². The fourth-order valence-corrected chi connectivity index (χ4v) is 1.22. The van der Waals surface area contributed by atoms with Crippen LogP contribution >= 0.6 is 0 Å². The lowest BCUT2D eigenvalue weighted by Crippen LogP contribution is -2.33. The standard InChI is InChI=1S/C9H16N4O3/c1-6-7(8(10)16-13-6)9(15)12-3-2-11-4-5-14/h11,14H,2-5,10H2,1H3,(H,12,15). The number of amides is 1. The molecule has 0 fully saturated rings. The van der Waals surface area contributed by atoms with Gasteiger partial charge in [-0.15, -0.1) is 0 Å². The molecule has 90 valence electrons. The van der Waals surface area contributed by atoms with E-state index in [1.165, 1.54) is 0 Å². The molecule has 16 heavy (non-hydrogen) atoms. The number of anilines is 1. The van der Waals surface area contributed by atoms with Crippen molar-refractivity contribution >= 4 is 11.8 Å². The van der Waals surface area contributed by atoms with E-state index < -0.39 is 0 Å². The number of aliphatic hydroxyl groups is 1. The number of hydrogen-bond acceptors (Lipinski definition) is 6. The first kappa shape index (κ1) is 12.5. The van der Waals surface area contributed by atoms with E-state index in [1.54, 1.807) is 6.92 Å². The fourth-order valence-electron chi connectivity index (χ4n) is 1.22. The summed E-state index contributed by atoms with van der Waals surface area (Å²) < 4.78 is 4.68. The Labute approximate surface area is 93.0 Å². The number of aryl methyl sites for hydroxylation is 1. The van der Waals surface area contributed by atoms with Crippen molar-refractivity contribution in [2.45, 2.75) is 6.92 Å². The molecular weight excluding hydrogens is 212 g/mol. The predicted molar refractivity (Wildman–Crippen MR) is 57.9 cm³/mol. The Morgan fingerprint density at radius 2 is 2.25 bits per heavy atom. The van der Waals surface area contributed by atoms with E-state index in [9.17, 15) is 4.79 Å². The van der Waals surface area contributed by atoms with E-state index >= 15 is 0 Å². The van der Waals surface area contributed by atoms with Crippen LogP contribution in [0.4, 0.5) is 5.88 Å². The minimum absolute atomic E-state index is 0.0262. The maximum absolute atomic E-state index is 11.6. The lowest BCUT2D eigenvalue weighted by molar-refractivity contribution is 0.0954. The molecule has 0 radical (unpaired) electrons. The van der Waals surface area contributed by atoms with Gasteiger partial charge in [0, 0.05) is 19.6 Å². The van der Waals surface area contributed by atoms with Crippen molar-refractivity contribution in [1.82, 2.24) is 15.8 Å². The second kappa shape index (κ2) is 6.09. The Morgan fingerprint density at radius 3 is 2.81 bits per heavy atom. The zero-order valence-electron chi connectivity index (χ0n) is 9.12. The van der Waals surface area contributed by atoms with Crippen LogP contribution in [0.25, 0.3) is 0 Å². The summed E-state index contributed by atoms with van der Waals surface area (Å²) in [6.45, 7) is 3.26. The van der Waals surface area contributed by atoms with Gasteiger partial charge in [-0.05, 0) is 6.92 Å². The summed E-state index contributed by atoms with van der Waals surface area (Å²) in [5.41, 5.74) is 6.21. The van der Waals surface area contributed by atoms with E-state index in [2.05, 4.69) is 20.3 Å². The number of nitrogens with two attached hydrogens (primary N) is 1. The topological polar surface area (TPSA) is 113 Å². The summed E-state index contributed by atoms with van der Waals surface area (Å²) >= 11 is 0. The number of carbonyl (C=O) groups excluding carboxylic acids is 1. The van der Waals surface area contributed by atoms with E-state index in [1.807, 2.05) is 0 Å². The van der Waals surface area contributed by atoms with Gasteiger partial charge >= 0.3 is 0 Å². The third kappa shape index (κ3) is 3.21.